The molecule has 63 heteroatoms. The number of halogens is 1. The van der Waals surface area contributed by atoms with Gasteiger partial charge in [-0.15, -0.1) is 0 Å². The Labute approximate surface area is 638 Å². The Bertz CT molecular complexity index is 3090. The van der Waals surface area contributed by atoms with Crippen LogP contribution in [0.4, 0.5) is 4.39 Å². The second kappa shape index (κ2) is 38.8. The third kappa shape index (κ3) is 20.4. The van der Waals surface area contributed by atoms with Crippen LogP contribution >= 0.6 is 0 Å². The first-order chi connectivity index (χ1) is 46.0. The molecule has 2 unspecified atom stereocenters. The van der Waals surface area contributed by atoms with E-state index in [9.17, 15) is 4.39 Å². The van der Waals surface area contributed by atoms with E-state index < -0.39 is 172 Å². The summed E-state index contributed by atoms with van der Waals surface area (Å²) in [5, 5.41) is 1.17. The summed E-state index contributed by atoms with van der Waals surface area (Å²) >= 11 is 0. The lowest BCUT2D eigenvalue weighted by Crippen LogP contribution is -2.96. The number of aromatic amines is 1. The van der Waals surface area contributed by atoms with Gasteiger partial charge in [0, 0.05) is 433 Å². The zero-order valence-corrected chi connectivity index (χ0v) is 56.4. The molecule has 0 bridgehead atoms. The van der Waals surface area contributed by atoms with Gasteiger partial charge < -0.3 is 19.2 Å². The van der Waals surface area contributed by atoms with Crippen molar-refractivity contribution in [2.24, 2.45) is 0 Å². The van der Waals surface area contributed by atoms with Crippen molar-refractivity contribution in [1.29, 1.82) is 0 Å². The summed E-state index contributed by atoms with van der Waals surface area (Å²) < 4.78 is 31.7. The summed E-state index contributed by atoms with van der Waals surface area (Å²) in [5.74, 6) is 2.11. The SMILES string of the molecule is COc1ccc2[nH]c3c(c2c1)CC1c2cc(OC)c(OCc4ccc(C)cc4)cc2CCN1C3c1ccc(F)cc1.[B][B]B(B([B])[B])B(B([B])[B])B(B(B(B([B])[B])B([B])[B])B(B([B])[B])B([B])[B])B(B(B(B([B])[B])B([B])[B])B(B([B])[B])B([B])[B])B(B(B([B])[B])B([B])[B])B(B([B])[B])B([B])[B]. The fraction of sp³-hybridized carbons (Fsp3) is 0.257. The van der Waals surface area contributed by atoms with Crippen molar-refractivity contribution < 1.29 is 18.6 Å². The maximum atomic E-state index is 14.0. The molecule has 0 saturated heterocycles. The smallest absolute Gasteiger partial charge is 0.161 e. The summed E-state index contributed by atoms with van der Waals surface area (Å²) in [5.41, 5.74) is 9.50. The largest absolute Gasteiger partial charge is 0.497 e. The zero-order valence-electron chi connectivity index (χ0n) is 56.4. The Balaban J connectivity index is 0.000000322. The minimum Gasteiger partial charge on any atom is -0.497 e. The van der Waals surface area contributed by atoms with Gasteiger partial charge >= 0.3 is 0 Å². The highest BCUT2D eigenvalue weighted by Crippen LogP contribution is 2.50. The molecule has 0 fully saturated rings. The van der Waals surface area contributed by atoms with Crippen LogP contribution in [0.5, 0.6) is 17.2 Å². The maximum absolute atomic E-state index is 14.0. The molecule has 0 spiro atoms. The molecule has 5 aromatic rings. The lowest BCUT2D eigenvalue weighted by molar-refractivity contribution is 0.127. The molecule has 1 aromatic heterocycles. The highest BCUT2D eigenvalue weighted by atomic mass is 19.1. The van der Waals surface area contributed by atoms with E-state index in [2.05, 4.69) is 65.3 Å². The van der Waals surface area contributed by atoms with Gasteiger partial charge in [0.1, 0.15) is 18.2 Å². The molecule has 5 nitrogen and oxygen atoms in total. The van der Waals surface area contributed by atoms with Crippen LogP contribution in [0.25, 0.3) is 10.9 Å². The number of rotatable bonds is 33. The molecule has 1 N–H and O–H groups in total. The molecule has 4 aromatic carbocycles. The summed E-state index contributed by atoms with van der Waals surface area (Å²) in [6, 6.07) is 26.0. The number of H-pyrrole nitrogens is 1. The number of hydrogen-bond donors (Lipinski definition) is 1. The lowest BCUT2D eigenvalue weighted by Gasteiger charge is -2.58. The standard InChI is InChI=1S/C35H33FN2O3.B57/c1-21-4-6-22(7-5-21)20-41-33-16-24-14-15-38-31(27(24)19-32(33)40-3)18-29-28-17-26(39-2)12-13-30(28)37-34(29)35(38)23-8-10-25(36)11-9-23;1-30-45(31(2)3)52(44(28)29)56(53(46(32(4)5)33(6)7)47(34(8)9)35(10)11)57(54(48(36(12)13)37(14)15)49(38(16)17)39(18)19)55(50(40(20)21)41(22)23)51(42(24)25)43(26)27/h4-13,16-17,19,31,35,37H,14-15,18,20H2,1-3H3;. The number of methoxy groups -OCH3 is 2. The van der Waals surface area contributed by atoms with Gasteiger partial charge in [-0.2, -0.15) is 0 Å². The third-order valence-corrected chi connectivity index (χ3v) is 20.5. The van der Waals surface area contributed by atoms with Crippen LogP contribution in [0.3, 0.4) is 0 Å². The van der Waals surface area contributed by atoms with E-state index in [-0.39, 0.29) is 17.9 Å². The number of nitrogens with one attached hydrogen (secondary N) is 1. The first-order valence-corrected chi connectivity index (χ1v) is 32.8. The monoisotopic (exact) mass is 1180 g/mol. The van der Waals surface area contributed by atoms with Crippen LogP contribution in [0.15, 0.2) is 78.9 Å². The number of aryl methyl sites for hydroxylation is 1. The van der Waals surface area contributed by atoms with Gasteiger partial charge in [0.05, 0.1) is 20.3 Å². The minimum atomic E-state index is -1.46. The predicted molar refractivity (Wildman–Crippen MR) is 486 cm³/mol. The van der Waals surface area contributed by atoms with Crippen molar-refractivity contribution in [3.63, 3.8) is 0 Å². The minimum absolute atomic E-state index is 0.0284. The van der Waals surface area contributed by atoms with Crippen molar-refractivity contribution in [2.45, 2.75) is 38.5 Å². The first kappa shape index (κ1) is 86.3. The Morgan fingerprint density at radius 1 is 0.469 bits per heavy atom. The summed E-state index contributed by atoms with van der Waals surface area (Å²) in [4.78, 5) is 6.27. The highest BCUT2D eigenvalue weighted by Gasteiger charge is 2.62. The summed E-state index contributed by atoms with van der Waals surface area (Å²) in [6.07, 6.45) is -35.1. The second-order valence-corrected chi connectivity index (χ2v) is 26.8. The van der Waals surface area contributed by atoms with E-state index in [4.69, 9.17) is 239 Å². The number of aromatic nitrogens is 1. The van der Waals surface area contributed by atoms with Crippen LogP contribution < -0.4 is 14.2 Å². The molecule has 59 radical (unpaired) electrons. The van der Waals surface area contributed by atoms with Gasteiger partial charge in [0.25, 0.3) is 0 Å². The molecular weight excluding hydrogens is 1130 g/mol. The van der Waals surface area contributed by atoms with Crippen LogP contribution in [0, 0.1) is 12.7 Å². The van der Waals surface area contributed by atoms with Gasteiger partial charge in [-0.05, 0) is 90.0 Å². The third-order valence-electron chi connectivity index (χ3n) is 20.5. The maximum Gasteiger partial charge on any atom is 0.161 e. The van der Waals surface area contributed by atoms with Gasteiger partial charge in [-0.25, -0.2) is 4.39 Å². The first-order valence-electron chi connectivity index (χ1n) is 32.8. The van der Waals surface area contributed by atoms with Crippen molar-refractivity contribution in [3.05, 3.63) is 124 Å². The van der Waals surface area contributed by atoms with Crippen molar-refractivity contribution in [2.75, 3.05) is 20.8 Å². The van der Waals surface area contributed by atoms with Gasteiger partial charge in [0.2, 0.25) is 0 Å². The van der Waals surface area contributed by atoms with Gasteiger partial charge in [0.15, 0.2) is 11.5 Å². The fourth-order valence-electron chi connectivity index (χ4n) is 16.3. The van der Waals surface area contributed by atoms with Gasteiger partial charge in [-0.1, -0.05) is 42.0 Å². The second-order valence-electron chi connectivity index (χ2n) is 26.8. The number of nitrogens with zero attached hydrogens (tertiary/aromatic N) is 1. The molecule has 0 aliphatic carbocycles. The Hall–Kier alpha value is -0.589. The van der Waals surface area contributed by atoms with E-state index in [1.807, 2.05) is 18.2 Å². The number of benzene rings is 4. The predicted octanol–water partition coefficient (Wildman–Crippen LogP) is -14.2. The van der Waals surface area contributed by atoms with Crippen molar-refractivity contribution >= 4 is 415 Å². The Kier molecular flexibility index (Phi) is 34.2. The highest BCUT2D eigenvalue weighted by molar-refractivity contribution is 8.37. The number of ether oxygens (including phenoxy) is 3. The summed E-state index contributed by atoms with van der Waals surface area (Å²) in [6.45, 7) is 3.45. The average Bonchev–Trinajstić information content (AvgIpc) is 1.21. The summed E-state index contributed by atoms with van der Waals surface area (Å²) in [7, 11) is 194. The molecule has 98 heavy (non-hydrogen) atoms. The van der Waals surface area contributed by atoms with E-state index in [0.29, 0.717) is 6.61 Å². The van der Waals surface area contributed by atoms with E-state index in [1.54, 1.807) is 26.4 Å². The average molecular weight is 1160 g/mol. The van der Waals surface area contributed by atoms with Crippen LogP contribution in [-0.2, 0) is 19.4 Å². The molecule has 0 saturated carbocycles. The topological polar surface area (TPSA) is 46.7 Å². The molecule has 379 valence electrons. The molecule has 2 atom stereocenters. The van der Waals surface area contributed by atoms with Crippen LogP contribution in [-0.4, -0.2) is 434 Å². The van der Waals surface area contributed by atoms with Crippen molar-refractivity contribution in [1.82, 2.24) is 9.88 Å². The molecule has 3 heterocycles. The lowest BCUT2D eigenvalue weighted by atomic mass is 8.23. The van der Waals surface area contributed by atoms with Crippen LogP contribution in [0.2, 0.25) is 0 Å². The number of fused-ring (bicyclic) bond motifs is 6. The Morgan fingerprint density at radius 3 is 1.26 bits per heavy atom. The molecular formula is C35H33B57FN2O3. The molecule has 0 amide bonds. The molecule has 7 rings (SSSR count). The van der Waals surface area contributed by atoms with Gasteiger partial charge in [-0.3, -0.25) is 4.90 Å². The van der Waals surface area contributed by atoms with E-state index >= 15 is 0 Å². The molecule has 2 aliphatic rings. The fourth-order valence-corrected chi connectivity index (χ4v) is 16.3. The van der Waals surface area contributed by atoms with E-state index in [0.717, 1.165) is 60.3 Å². The van der Waals surface area contributed by atoms with Crippen molar-refractivity contribution in [3.8, 4) is 17.2 Å². The number of hydrogen-bond acceptors (Lipinski definition) is 4. The zero-order chi connectivity index (χ0) is 73.4. The van der Waals surface area contributed by atoms with E-state index in [1.165, 1.54) is 33.3 Å². The quantitative estimate of drug-likeness (QED) is 0.0425. The van der Waals surface area contributed by atoms with Crippen LogP contribution in [0.1, 0.15) is 51.2 Å². The normalized spacial score (nSPS) is 13.1. The Morgan fingerprint density at radius 2 is 0.878 bits per heavy atom. The molecule has 2 aliphatic heterocycles.